The highest BCUT2D eigenvalue weighted by Gasteiger charge is 2.08. The molecule has 2 nitrogen and oxygen atoms in total. The number of rotatable bonds is 4. The van der Waals surface area contributed by atoms with Gasteiger partial charge in [0.25, 0.3) is 0 Å². The van der Waals surface area contributed by atoms with E-state index < -0.39 is 5.60 Å². The van der Waals surface area contributed by atoms with Crippen LogP contribution < -0.4 is 0 Å². The van der Waals surface area contributed by atoms with Crippen LogP contribution in [0, 0.1) is 0 Å². The maximum absolute atomic E-state index is 9.20. The average Bonchev–Trinajstić information content (AvgIpc) is 1.78. The van der Waals surface area contributed by atoms with Crippen LogP contribution in [0.3, 0.4) is 0 Å². The summed E-state index contributed by atoms with van der Waals surface area (Å²) in [6.45, 7) is 3.70. The lowest BCUT2D eigenvalue weighted by Crippen LogP contribution is -2.16. The second-order valence-electron chi connectivity index (χ2n) is 3.00. The first-order valence-corrected chi connectivity index (χ1v) is 3.54. The fraction of sp³-hybridized carbons (Fsp3) is 0.750. The molecule has 0 unspecified atom stereocenters. The second kappa shape index (κ2) is 4.47. The van der Waals surface area contributed by atoms with Crippen molar-refractivity contribution in [1.82, 2.24) is 0 Å². The summed E-state index contributed by atoms with van der Waals surface area (Å²) in [4.78, 5) is 0. The van der Waals surface area contributed by atoms with Gasteiger partial charge in [-0.15, -0.1) is 0 Å². The third kappa shape index (κ3) is 7.66. The fourth-order valence-electron chi connectivity index (χ4n) is 0.564. The topological polar surface area (TPSA) is 40.5 Å². The minimum Gasteiger partial charge on any atom is -0.396 e. The molecule has 0 aliphatic heterocycles. The molecule has 0 aliphatic rings. The van der Waals surface area contributed by atoms with E-state index in [-0.39, 0.29) is 6.61 Å². The quantitative estimate of drug-likeness (QED) is 0.580. The largest absolute Gasteiger partial charge is 0.396 e. The maximum Gasteiger partial charge on any atom is 0.0626 e. The molecule has 0 spiro atoms. The van der Waals surface area contributed by atoms with E-state index in [0.717, 1.165) is 0 Å². The first-order chi connectivity index (χ1) is 4.56. The monoisotopic (exact) mass is 144 g/mol. The van der Waals surface area contributed by atoms with E-state index in [9.17, 15) is 5.11 Å². The molecule has 0 rings (SSSR count). The smallest absolute Gasteiger partial charge is 0.0626 e. The van der Waals surface area contributed by atoms with E-state index in [1.807, 2.05) is 12.2 Å². The first-order valence-electron chi connectivity index (χ1n) is 3.54. The van der Waals surface area contributed by atoms with Crippen molar-refractivity contribution in [2.75, 3.05) is 6.61 Å². The Morgan fingerprint density at radius 2 is 1.90 bits per heavy atom. The Kier molecular flexibility index (Phi) is 4.32. The Morgan fingerprint density at radius 1 is 1.30 bits per heavy atom. The molecule has 0 aromatic rings. The van der Waals surface area contributed by atoms with Crippen molar-refractivity contribution in [2.24, 2.45) is 0 Å². The van der Waals surface area contributed by atoms with Crippen LogP contribution in [0.2, 0.25) is 0 Å². The zero-order chi connectivity index (χ0) is 8.04. The van der Waals surface area contributed by atoms with E-state index >= 15 is 0 Å². The van der Waals surface area contributed by atoms with Crippen molar-refractivity contribution in [1.29, 1.82) is 0 Å². The van der Waals surface area contributed by atoms with Crippen LogP contribution in [-0.4, -0.2) is 22.4 Å². The minimum atomic E-state index is -0.619. The average molecular weight is 144 g/mol. The van der Waals surface area contributed by atoms with Gasteiger partial charge in [0.05, 0.1) is 5.60 Å². The van der Waals surface area contributed by atoms with Gasteiger partial charge in [-0.3, -0.25) is 0 Å². The summed E-state index contributed by atoms with van der Waals surface area (Å²) in [5.41, 5.74) is -0.619. The van der Waals surface area contributed by atoms with Gasteiger partial charge in [0.2, 0.25) is 0 Å². The predicted molar refractivity (Wildman–Crippen MR) is 41.8 cm³/mol. The minimum absolute atomic E-state index is 0.183. The van der Waals surface area contributed by atoms with Crippen molar-refractivity contribution in [3.8, 4) is 0 Å². The Balaban J connectivity index is 3.34. The van der Waals surface area contributed by atoms with Crippen LogP contribution in [0.15, 0.2) is 12.2 Å². The van der Waals surface area contributed by atoms with E-state index in [4.69, 9.17) is 5.11 Å². The van der Waals surface area contributed by atoms with Crippen LogP contribution in [0.25, 0.3) is 0 Å². The Labute approximate surface area is 62.2 Å². The lowest BCUT2D eigenvalue weighted by Gasteiger charge is -2.13. The standard InChI is InChI=1S/C8H16O2/c1-8(2,10)6-4-3-5-7-9/h3-4,9-10H,5-7H2,1-2H3. The molecule has 0 amide bonds. The predicted octanol–water partition coefficient (Wildman–Crippen LogP) is 1.09. The third-order valence-electron chi connectivity index (χ3n) is 1.08. The molecule has 0 heterocycles. The molecule has 10 heavy (non-hydrogen) atoms. The summed E-state index contributed by atoms with van der Waals surface area (Å²) in [5, 5.41) is 17.6. The highest BCUT2D eigenvalue weighted by molar-refractivity contribution is 4.86. The van der Waals surface area contributed by atoms with Gasteiger partial charge < -0.3 is 10.2 Å². The molecule has 60 valence electrons. The molecule has 0 bridgehead atoms. The Hall–Kier alpha value is -0.340. The summed E-state index contributed by atoms with van der Waals surface area (Å²) in [6, 6.07) is 0. The Bertz CT molecular complexity index is 100. The summed E-state index contributed by atoms with van der Waals surface area (Å²) in [6.07, 6.45) is 5.08. The summed E-state index contributed by atoms with van der Waals surface area (Å²) >= 11 is 0. The van der Waals surface area contributed by atoms with Crippen LogP contribution >= 0.6 is 0 Å². The molecule has 0 radical (unpaired) electrons. The molecule has 2 N–H and O–H groups in total. The van der Waals surface area contributed by atoms with Gasteiger partial charge >= 0.3 is 0 Å². The van der Waals surface area contributed by atoms with Gasteiger partial charge in [0.1, 0.15) is 0 Å². The molecule has 2 heteroatoms. The molecular formula is C8H16O2. The van der Waals surface area contributed by atoms with Crippen molar-refractivity contribution >= 4 is 0 Å². The lowest BCUT2D eigenvalue weighted by molar-refractivity contribution is 0.0838. The van der Waals surface area contributed by atoms with E-state index in [0.29, 0.717) is 12.8 Å². The molecule has 0 fully saturated rings. The van der Waals surface area contributed by atoms with Crippen LogP contribution in [0.1, 0.15) is 26.7 Å². The second-order valence-corrected chi connectivity index (χ2v) is 3.00. The Morgan fingerprint density at radius 3 is 2.30 bits per heavy atom. The lowest BCUT2D eigenvalue weighted by atomic mass is 10.1. The number of aliphatic hydroxyl groups is 2. The van der Waals surface area contributed by atoms with Crippen LogP contribution in [-0.2, 0) is 0 Å². The zero-order valence-electron chi connectivity index (χ0n) is 6.67. The molecular weight excluding hydrogens is 128 g/mol. The molecule has 0 saturated carbocycles. The van der Waals surface area contributed by atoms with Gasteiger partial charge in [-0.2, -0.15) is 0 Å². The third-order valence-corrected chi connectivity index (χ3v) is 1.08. The van der Waals surface area contributed by atoms with Crippen molar-refractivity contribution in [2.45, 2.75) is 32.3 Å². The SMILES string of the molecule is CC(C)(O)CC=CCCO. The van der Waals surface area contributed by atoms with Crippen molar-refractivity contribution in [3.63, 3.8) is 0 Å². The first kappa shape index (κ1) is 9.66. The summed E-state index contributed by atoms with van der Waals surface area (Å²) in [5.74, 6) is 0. The molecule has 0 aliphatic carbocycles. The maximum atomic E-state index is 9.20. The van der Waals surface area contributed by atoms with E-state index in [2.05, 4.69) is 0 Å². The van der Waals surface area contributed by atoms with Gasteiger partial charge in [0, 0.05) is 6.61 Å². The van der Waals surface area contributed by atoms with Gasteiger partial charge in [-0.25, -0.2) is 0 Å². The highest BCUT2D eigenvalue weighted by Crippen LogP contribution is 2.07. The van der Waals surface area contributed by atoms with Gasteiger partial charge in [-0.05, 0) is 26.7 Å². The van der Waals surface area contributed by atoms with Crippen LogP contribution in [0.5, 0.6) is 0 Å². The van der Waals surface area contributed by atoms with Gasteiger partial charge in [-0.1, -0.05) is 12.2 Å². The fourth-order valence-corrected chi connectivity index (χ4v) is 0.564. The molecule has 0 atom stereocenters. The zero-order valence-corrected chi connectivity index (χ0v) is 6.67. The van der Waals surface area contributed by atoms with Crippen molar-refractivity contribution in [3.05, 3.63) is 12.2 Å². The molecule has 0 aromatic heterocycles. The highest BCUT2D eigenvalue weighted by atomic mass is 16.3. The number of aliphatic hydroxyl groups excluding tert-OH is 1. The summed E-state index contributed by atoms with van der Waals surface area (Å²) in [7, 11) is 0. The number of hydrogen-bond acceptors (Lipinski definition) is 2. The molecule has 0 aromatic carbocycles. The van der Waals surface area contributed by atoms with E-state index in [1.165, 1.54) is 0 Å². The summed E-state index contributed by atoms with van der Waals surface area (Å²) < 4.78 is 0. The van der Waals surface area contributed by atoms with Crippen LogP contribution in [0.4, 0.5) is 0 Å². The normalized spacial score (nSPS) is 12.8. The number of hydrogen-bond donors (Lipinski definition) is 2. The van der Waals surface area contributed by atoms with Gasteiger partial charge in [0.15, 0.2) is 0 Å². The molecule has 0 saturated heterocycles. The van der Waals surface area contributed by atoms with E-state index in [1.54, 1.807) is 13.8 Å². The van der Waals surface area contributed by atoms with Crippen molar-refractivity contribution < 1.29 is 10.2 Å².